The van der Waals surface area contributed by atoms with Crippen molar-refractivity contribution in [3.8, 4) is 0 Å². The normalized spacial score (nSPS) is 15.6. The number of nitrogens with zero attached hydrogens (tertiary/aromatic N) is 2. The number of hydrogen-bond acceptors (Lipinski definition) is 7. The summed E-state index contributed by atoms with van der Waals surface area (Å²) in [6, 6.07) is 6.53. The second-order valence-corrected chi connectivity index (χ2v) is 5.82. The van der Waals surface area contributed by atoms with Gasteiger partial charge in [0.2, 0.25) is 5.91 Å². The van der Waals surface area contributed by atoms with Crippen molar-refractivity contribution in [1.82, 2.24) is 9.97 Å². The van der Waals surface area contributed by atoms with E-state index in [1.165, 1.54) is 13.4 Å². The molecular formula is C16H16ClN5O3. The van der Waals surface area contributed by atoms with Crippen LogP contribution >= 0.6 is 11.6 Å². The fourth-order valence-electron chi connectivity index (χ4n) is 2.39. The lowest BCUT2D eigenvalue weighted by atomic mass is 10.1. The van der Waals surface area contributed by atoms with E-state index >= 15 is 0 Å². The first-order chi connectivity index (χ1) is 12.1. The third-order valence-corrected chi connectivity index (χ3v) is 3.95. The minimum absolute atomic E-state index is 0.137. The van der Waals surface area contributed by atoms with Crippen LogP contribution in [0, 0.1) is 0 Å². The molecule has 0 aliphatic carbocycles. The van der Waals surface area contributed by atoms with Gasteiger partial charge < -0.3 is 20.7 Å². The predicted molar refractivity (Wildman–Crippen MR) is 94.1 cm³/mol. The number of halogens is 1. The summed E-state index contributed by atoms with van der Waals surface area (Å²) in [6.07, 6.45) is 1.83. The Morgan fingerprint density at radius 1 is 1.32 bits per heavy atom. The molecule has 0 radical (unpaired) electrons. The number of hydrogen-bond donors (Lipinski definition) is 3. The van der Waals surface area contributed by atoms with Gasteiger partial charge in [-0.3, -0.25) is 9.59 Å². The number of benzene rings is 1. The van der Waals surface area contributed by atoms with E-state index in [0.717, 1.165) is 5.69 Å². The summed E-state index contributed by atoms with van der Waals surface area (Å²) in [6.45, 7) is 0. The summed E-state index contributed by atoms with van der Waals surface area (Å²) < 4.78 is 4.60. The Morgan fingerprint density at radius 3 is 2.80 bits per heavy atom. The van der Waals surface area contributed by atoms with Gasteiger partial charge in [-0.1, -0.05) is 11.6 Å². The van der Waals surface area contributed by atoms with Gasteiger partial charge in [-0.25, -0.2) is 9.97 Å². The summed E-state index contributed by atoms with van der Waals surface area (Å²) in [5.41, 5.74) is 1.23. The Hall–Kier alpha value is -2.87. The first-order valence-corrected chi connectivity index (χ1v) is 7.96. The number of methoxy groups -OCH3 is 1. The minimum atomic E-state index is -0.565. The van der Waals surface area contributed by atoms with E-state index < -0.39 is 6.04 Å². The lowest BCUT2D eigenvalue weighted by molar-refractivity contribution is -0.140. The molecule has 25 heavy (non-hydrogen) atoms. The summed E-state index contributed by atoms with van der Waals surface area (Å²) in [7, 11) is 1.31. The molecule has 1 aliphatic heterocycles. The van der Waals surface area contributed by atoms with Crippen molar-refractivity contribution >= 4 is 46.5 Å². The highest BCUT2D eigenvalue weighted by Gasteiger charge is 2.29. The molecule has 2 aromatic rings. The molecule has 9 heteroatoms. The molecule has 130 valence electrons. The Balaban J connectivity index is 1.77. The van der Waals surface area contributed by atoms with Gasteiger partial charge in [0, 0.05) is 17.1 Å². The van der Waals surface area contributed by atoms with Gasteiger partial charge in [-0.15, -0.1) is 0 Å². The molecular weight excluding hydrogens is 346 g/mol. The molecule has 3 rings (SSSR count). The van der Waals surface area contributed by atoms with Crippen LogP contribution < -0.4 is 16.0 Å². The quantitative estimate of drug-likeness (QED) is 0.703. The van der Waals surface area contributed by atoms with Gasteiger partial charge in [0.25, 0.3) is 0 Å². The monoisotopic (exact) mass is 361 g/mol. The molecule has 1 aromatic heterocycles. The molecule has 0 fully saturated rings. The lowest BCUT2D eigenvalue weighted by Crippen LogP contribution is -2.40. The molecule has 0 saturated heterocycles. The third kappa shape index (κ3) is 3.97. The Bertz CT molecular complexity index is 797. The van der Waals surface area contributed by atoms with Crippen LogP contribution in [0.5, 0.6) is 0 Å². The van der Waals surface area contributed by atoms with Crippen molar-refractivity contribution in [1.29, 1.82) is 0 Å². The first-order valence-electron chi connectivity index (χ1n) is 7.58. The second-order valence-electron chi connectivity index (χ2n) is 5.38. The highest BCUT2D eigenvalue weighted by molar-refractivity contribution is 6.30. The van der Waals surface area contributed by atoms with Crippen LogP contribution in [0.3, 0.4) is 0 Å². The summed E-state index contributed by atoms with van der Waals surface area (Å²) in [5.74, 6) is 0.319. The molecule has 1 atom stereocenters. The van der Waals surface area contributed by atoms with Gasteiger partial charge in [-0.05, 0) is 30.7 Å². The maximum Gasteiger partial charge on any atom is 0.305 e. The average Bonchev–Trinajstić information content (AvgIpc) is 2.62. The van der Waals surface area contributed by atoms with Crippen LogP contribution in [0.1, 0.15) is 12.8 Å². The van der Waals surface area contributed by atoms with E-state index in [1.54, 1.807) is 24.3 Å². The van der Waals surface area contributed by atoms with E-state index in [1.807, 2.05) is 0 Å². The molecule has 1 aliphatic rings. The van der Waals surface area contributed by atoms with Gasteiger partial charge in [0.1, 0.15) is 18.1 Å². The van der Waals surface area contributed by atoms with Crippen molar-refractivity contribution < 1.29 is 14.3 Å². The number of rotatable bonds is 5. The third-order valence-electron chi connectivity index (χ3n) is 3.69. The highest BCUT2D eigenvalue weighted by Crippen LogP contribution is 2.33. The zero-order valence-electron chi connectivity index (χ0n) is 13.4. The number of fused-ring (bicyclic) bond motifs is 1. The van der Waals surface area contributed by atoms with Crippen LogP contribution in [0.2, 0.25) is 5.02 Å². The maximum absolute atomic E-state index is 12.3. The summed E-state index contributed by atoms with van der Waals surface area (Å²) >= 11 is 5.87. The number of carbonyl (C=O) groups excluding carboxylic acids is 2. The molecule has 8 nitrogen and oxygen atoms in total. The lowest BCUT2D eigenvalue weighted by Gasteiger charge is -2.26. The molecule has 0 spiro atoms. The molecule has 1 amide bonds. The van der Waals surface area contributed by atoms with Gasteiger partial charge in [-0.2, -0.15) is 0 Å². The Kier molecular flexibility index (Phi) is 4.99. The largest absolute Gasteiger partial charge is 0.469 e. The van der Waals surface area contributed by atoms with E-state index in [0.29, 0.717) is 28.8 Å². The number of ether oxygens (including phenoxy) is 1. The van der Waals surface area contributed by atoms with Gasteiger partial charge in [0.05, 0.1) is 7.11 Å². The highest BCUT2D eigenvalue weighted by atomic mass is 35.5. The fourth-order valence-corrected chi connectivity index (χ4v) is 2.51. The van der Waals surface area contributed by atoms with Crippen molar-refractivity contribution in [2.45, 2.75) is 18.9 Å². The summed E-state index contributed by atoms with van der Waals surface area (Å²) in [5, 5.41) is 9.55. The van der Waals surface area contributed by atoms with Gasteiger partial charge >= 0.3 is 5.97 Å². The summed E-state index contributed by atoms with van der Waals surface area (Å²) in [4.78, 5) is 31.9. The number of anilines is 4. The topological polar surface area (TPSA) is 105 Å². The van der Waals surface area contributed by atoms with Crippen LogP contribution in [0.4, 0.5) is 23.0 Å². The number of amides is 1. The zero-order valence-corrected chi connectivity index (χ0v) is 14.1. The Labute approximate surface area is 149 Å². The second kappa shape index (κ2) is 7.35. The molecule has 1 aromatic carbocycles. The fraction of sp³-hybridized carbons (Fsp3) is 0.250. The van der Waals surface area contributed by atoms with E-state index in [2.05, 4.69) is 30.7 Å². The maximum atomic E-state index is 12.3. The van der Waals surface area contributed by atoms with Gasteiger partial charge in [0.15, 0.2) is 11.6 Å². The van der Waals surface area contributed by atoms with Crippen molar-refractivity contribution in [2.24, 2.45) is 0 Å². The van der Waals surface area contributed by atoms with Crippen molar-refractivity contribution in [2.75, 3.05) is 23.1 Å². The average molecular weight is 362 g/mol. The van der Waals surface area contributed by atoms with E-state index in [4.69, 9.17) is 11.6 Å². The molecule has 3 N–H and O–H groups in total. The smallest absolute Gasteiger partial charge is 0.305 e. The number of nitrogens with one attached hydrogen (secondary N) is 3. The standard InChI is InChI=1S/C16H16ClN5O3/c1-25-12(23)7-6-11-16(24)22-13-14(18-8-19-15(13)21-11)20-10-4-2-9(17)3-5-10/h2-5,8,11H,6-7H2,1H3,(H,22,24)(H2,18,19,20,21)/t11-/m0/s1. The SMILES string of the molecule is COC(=O)CC[C@@H]1Nc2ncnc(Nc3ccc(Cl)cc3)c2NC1=O. The van der Waals surface area contributed by atoms with Crippen molar-refractivity contribution in [3.63, 3.8) is 0 Å². The number of esters is 1. The van der Waals surface area contributed by atoms with E-state index in [-0.39, 0.29) is 18.3 Å². The molecule has 2 heterocycles. The molecule has 0 bridgehead atoms. The number of aromatic nitrogens is 2. The van der Waals surface area contributed by atoms with Crippen LogP contribution in [-0.4, -0.2) is 35.0 Å². The molecule has 0 saturated carbocycles. The first kappa shape index (κ1) is 17.0. The van der Waals surface area contributed by atoms with Crippen molar-refractivity contribution in [3.05, 3.63) is 35.6 Å². The van der Waals surface area contributed by atoms with E-state index in [9.17, 15) is 9.59 Å². The molecule has 0 unspecified atom stereocenters. The zero-order chi connectivity index (χ0) is 17.8. The minimum Gasteiger partial charge on any atom is -0.469 e. The Morgan fingerprint density at radius 2 is 2.08 bits per heavy atom. The van der Waals surface area contributed by atoms with Crippen LogP contribution in [0.25, 0.3) is 0 Å². The number of carbonyl (C=O) groups is 2. The predicted octanol–water partition coefficient (Wildman–Crippen LogP) is 2.56. The van der Waals surface area contributed by atoms with Crippen LogP contribution in [0.15, 0.2) is 30.6 Å². The van der Waals surface area contributed by atoms with Crippen LogP contribution in [-0.2, 0) is 14.3 Å².